The Morgan fingerprint density at radius 1 is 1.38 bits per heavy atom. The first-order valence-electron chi connectivity index (χ1n) is 4.67. The van der Waals surface area contributed by atoms with Gasteiger partial charge in [0.1, 0.15) is 0 Å². The molecule has 0 radical (unpaired) electrons. The van der Waals surface area contributed by atoms with Crippen LogP contribution in [0.3, 0.4) is 0 Å². The molecule has 2 heterocycles. The average molecular weight is 251 g/mol. The Balaban J connectivity index is 2.18. The van der Waals surface area contributed by atoms with Crippen molar-refractivity contribution in [1.29, 1.82) is 0 Å². The third-order valence-electron chi connectivity index (χ3n) is 2.32. The number of alkyl halides is 1. The number of thiazole rings is 1. The first-order chi connectivity index (χ1) is 7.88. The Labute approximate surface area is 100 Å². The van der Waals surface area contributed by atoms with Gasteiger partial charge in [0, 0.05) is 0 Å². The van der Waals surface area contributed by atoms with Gasteiger partial charge in [-0.3, -0.25) is 0 Å². The van der Waals surface area contributed by atoms with E-state index in [-0.39, 0.29) is 0 Å². The highest BCUT2D eigenvalue weighted by atomic mass is 35.5. The van der Waals surface area contributed by atoms with Crippen LogP contribution in [-0.4, -0.2) is 20.0 Å². The maximum absolute atomic E-state index is 5.81. The van der Waals surface area contributed by atoms with Gasteiger partial charge >= 0.3 is 0 Å². The van der Waals surface area contributed by atoms with E-state index in [1.165, 1.54) is 0 Å². The van der Waals surface area contributed by atoms with Crippen molar-refractivity contribution in [3.05, 3.63) is 35.6 Å². The van der Waals surface area contributed by atoms with Gasteiger partial charge in [0.2, 0.25) is 0 Å². The lowest BCUT2D eigenvalue weighted by Gasteiger charge is -2.03. The fourth-order valence-electron chi connectivity index (χ4n) is 1.54. The van der Waals surface area contributed by atoms with E-state index in [2.05, 4.69) is 15.3 Å². The van der Waals surface area contributed by atoms with Crippen molar-refractivity contribution in [3.8, 4) is 5.69 Å². The molecule has 1 aromatic carbocycles. The van der Waals surface area contributed by atoms with Crippen molar-refractivity contribution in [1.82, 2.24) is 20.0 Å². The summed E-state index contributed by atoms with van der Waals surface area (Å²) in [5.41, 5.74) is 4.68. The highest BCUT2D eigenvalue weighted by Crippen LogP contribution is 2.21. The molecule has 0 spiro atoms. The van der Waals surface area contributed by atoms with Crippen molar-refractivity contribution >= 4 is 33.2 Å². The van der Waals surface area contributed by atoms with Crippen LogP contribution in [0.15, 0.2) is 29.9 Å². The van der Waals surface area contributed by atoms with Crippen LogP contribution in [0.1, 0.15) is 5.69 Å². The van der Waals surface area contributed by atoms with E-state index in [0.29, 0.717) is 5.88 Å². The first kappa shape index (κ1) is 9.74. The van der Waals surface area contributed by atoms with Crippen molar-refractivity contribution in [2.45, 2.75) is 5.88 Å². The van der Waals surface area contributed by atoms with Crippen molar-refractivity contribution < 1.29 is 0 Å². The summed E-state index contributed by atoms with van der Waals surface area (Å²) < 4.78 is 2.88. The van der Waals surface area contributed by atoms with Crippen LogP contribution >= 0.6 is 22.9 Å². The Morgan fingerprint density at radius 2 is 2.31 bits per heavy atom. The zero-order chi connectivity index (χ0) is 11.0. The molecule has 0 N–H and O–H groups in total. The van der Waals surface area contributed by atoms with Crippen LogP contribution in [-0.2, 0) is 5.88 Å². The first-order valence-corrected chi connectivity index (χ1v) is 6.09. The molecular formula is C10H7ClN4S. The SMILES string of the molecule is ClCc1cnnn1-c1ccc2ncsc2c1. The number of nitrogens with zero attached hydrogens (tertiary/aromatic N) is 4. The molecule has 0 bridgehead atoms. The van der Waals surface area contributed by atoms with Gasteiger partial charge in [-0.25, -0.2) is 9.67 Å². The summed E-state index contributed by atoms with van der Waals surface area (Å²) in [4.78, 5) is 4.23. The van der Waals surface area contributed by atoms with E-state index in [0.717, 1.165) is 21.6 Å². The van der Waals surface area contributed by atoms with Gasteiger partial charge in [-0.15, -0.1) is 28.0 Å². The van der Waals surface area contributed by atoms with Gasteiger partial charge in [-0.2, -0.15) is 0 Å². The number of benzene rings is 1. The molecule has 2 aromatic heterocycles. The highest BCUT2D eigenvalue weighted by Gasteiger charge is 2.06. The van der Waals surface area contributed by atoms with Crippen molar-refractivity contribution in [2.24, 2.45) is 0 Å². The van der Waals surface area contributed by atoms with Crippen LogP contribution in [0.2, 0.25) is 0 Å². The summed E-state index contributed by atoms with van der Waals surface area (Å²) in [6.07, 6.45) is 1.67. The second kappa shape index (κ2) is 3.84. The van der Waals surface area contributed by atoms with Crippen molar-refractivity contribution in [3.63, 3.8) is 0 Å². The lowest BCUT2D eigenvalue weighted by Crippen LogP contribution is -2.00. The fourth-order valence-corrected chi connectivity index (χ4v) is 2.43. The molecule has 0 unspecified atom stereocenters. The van der Waals surface area contributed by atoms with E-state index in [1.807, 2.05) is 23.7 Å². The van der Waals surface area contributed by atoms with Crippen LogP contribution in [0.5, 0.6) is 0 Å². The molecule has 0 amide bonds. The smallest absolute Gasteiger partial charge is 0.0813 e. The zero-order valence-electron chi connectivity index (χ0n) is 8.17. The highest BCUT2D eigenvalue weighted by molar-refractivity contribution is 7.16. The molecule has 0 saturated heterocycles. The van der Waals surface area contributed by atoms with Crippen LogP contribution in [0.4, 0.5) is 0 Å². The number of aromatic nitrogens is 4. The Bertz CT molecular complexity index is 630. The van der Waals surface area contributed by atoms with E-state index < -0.39 is 0 Å². The maximum Gasteiger partial charge on any atom is 0.0813 e. The minimum Gasteiger partial charge on any atom is -0.245 e. The summed E-state index contributed by atoms with van der Waals surface area (Å²) in [6, 6.07) is 5.98. The van der Waals surface area contributed by atoms with E-state index in [9.17, 15) is 0 Å². The van der Waals surface area contributed by atoms with Gasteiger partial charge in [0.05, 0.1) is 39.2 Å². The molecule has 0 aliphatic rings. The summed E-state index contributed by atoms with van der Waals surface area (Å²) in [5, 5.41) is 7.87. The maximum atomic E-state index is 5.81. The number of halogens is 1. The van der Waals surface area contributed by atoms with E-state index in [1.54, 1.807) is 22.2 Å². The summed E-state index contributed by atoms with van der Waals surface area (Å²) in [6.45, 7) is 0. The van der Waals surface area contributed by atoms with Gasteiger partial charge in [-0.1, -0.05) is 5.21 Å². The number of hydrogen-bond acceptors (Lipinski definition) is 4. The molecule has 3 aromatic rings. The van der Waals surface area contributed by atoms with Gasteiger partial charge in [0.15, 0.2) is 0 Å². The topological polar surface area (TPSA) is 43.6 Å². The molecule has 0 saturated carbocycles. The summed E-state index contributed by atoms with van der Waals surface area (Å²) >= 11 is 7.42. The fraction of sp³-hybridized carbons (Fsp3) is 0.100. The summed E-state index contributed by atoms with van der Waals surface area (Å²) in [7, 11) is 0. The van der Waals surface area contributed by atoms with Gasteiger partial charge in [-0.05, 0) is 18.2 Å². The standard InChI is InChI=1S/C10H7ClN4S/c11-4-8-5-13-14-15(8)7-1-2-9-10(3-7)16-6-12-9/h1-3,5-6H,4H2. The Morgan fingerprint density at radius 3 is 3.19 bits per heavy atom. The molecule has 16 heavy (non-hydrogen) atoms. The molecule has 3 rings (SSSR count). The van der Waals surface area contributed by atoms with Crippen LogP contribution in [0.25, 0.3) is 15.9 Å². The Hall–Kier alpha value is -1.46. The third kappa shape index (κ3) is 1.48. The van der Waals surface area contributed by atoms with Crippen molar-refractivity contribution in [2.75, 3.05) is 0 Å². The lowest BCUT2D eigenvalue weighted by molar-refractivity contribution is 0.782. The number of rotatable bonds is 2. The van der Waals surface area contributed by atoms with Crippen LogP contribution < -0.4 is 0 Å². The summed E-state index contributed by atoms with van der Waals surface area (Å²) in [5.74, 6) is 0.397. The van der Waals surface area contributed by atoms with Gasteiger partial charge in [0.25, 0.3) is 0 Å². The quantitative estimate of drug-likeness (QED) is 0.657. The molecule has 0 atom stereocenters. The monoisotopic (exact) mass is 250 g/mol. The largest absolute Gasteiger partial charge is 0.245 e. The number of fused-ring (bicyclic) bond motifs is 1. The van der Waals surface area contributed by atoms with E-state index in [4.69, 9.17) is 11.6 Å². The molecule has 6 heteroatoms. The Kier molecular flexibility index (Phi) is 2.34. The molecule has 0 aliphatic carbocycles. The zero-order valence-corrected chi connectivity index (χ0v) is 9.74. The molecule has 0 fully saturated rings. The molecule has 0 aliphatic heterocycles. The normalized spacial score (nSPS) is 11.1. The second-order valence-corrected chi connectivity index (χ2v) is 4.43. The molecular weight excluding hydrogens is 244 g/mol. The molecule has 80 valence electrons. The van der Waals surface area contributed by atoms with Gasteiger partial charge < -0.3 is 0 Å². The third-order valence-corrected chi connectivity index (χ3v) is 3.38. The predicted molar refractivity (Wildman–Crippen MR) is 64.1 cm³/mol. The minimum absolute atomic E-state index is 0.397. The average Bonchev–Trinajstić information content (AvgIpc) is 2.96. The second-order valence-electron chi connectivity index (χ2n) is 3.28. The van der Waals surface area contributed by atoms with E-state index >= 15 is 0 Å². The number of hydrogen-bond donors (Lipinski definition) is 0. The lowest BCUT2D eigenvalue weighted by atomic mass is 10.3. The molecule has 4 nitrogen and oxygen atoms in total. The predicted octanol–water partition coefficient (Wildman–Crippen LogP) is 2.62. The minimum atomic E-state index is 0.397. The van der Waals surface area contributed by atoms with Crippen LogP contribution in [0, 0.1) is 0 Å².